The van der Waals surface area contributed by atoms with Gasteiger partial charge in [0.2, 0.25) is 0 Å². The lowest BCUT2D eigenvalue weighted by molar-refractivity contribution is 0.415. The normalized spacial score (nSPS) is 11.0. The van der Waals surface area contributed by atoms with E-state index in [2.05, 4.69) is 45.3 Å². The van der Waals surface area contributed by atoms with Crippen LogP contribution in [0.5, 0.6) is 11.5 Å². The Morgan fingerprint density at radius 2 is 1.09 bits per heavy atom. The fraction of sp³-hybridized carbons (Fsp3) is 0.0714. The summed E-state index contributed by atoms with van der Waals surface area (Å²) < 4.78 is 10.3. The monoisotopic (exact) mass is 450 g/mol. The largest absolute Gasteiger partial charge is 0.497 e. The molecule has 0 saturated carbocycles. The Kier molecular flexibility index (Phi) is 7.54. The lowest BCUT2D eigenvalue weighted by Gasteiger charge is -2.05. The number of rotatable bonds is 9. The number of methoxy groups -OCH3 is 2. The van der Waals surface area contributed by atoms with Crippen LogP contribution in [0, 0.1) is 0 Å². The van der Waals surface area contributed by atoms with Gasteiger partial charge in [-0.05, 0) is 76.9 Å². The summed E-state index contributed by atoms with van der Waals surface area (Å²) >= 11 is 0. The molecule has 4 aromatic rings. The number of benzene rings is 4. The molecule has 0 saturated heterocycles. The molecule has 0 bridgehead atoms. The Morgan fingerprint density at radius 1 is 0.559 bits per heavy atom. The minimum Gasteiger partial charge on any atom is -0.497 e. The first-order chi connectivity index (χ1) is 16.7. The average Bonchev–Trinajstić information content (AvgIpc) is 2.90. The number of anilines is 2. The third kappa shape index (κ3) is 6.23. The molecule has 6 heteroatoms. The molecule has 6 nitrogen and oxygen atoms in total. The van der Waals surface area contributed by atoms with E-state index in [0.29, 0.717) is 0 Å². The van der Waals surface area contributed by atoms with Gasteiger partial charge in [0.25, 0.3) is 0 Å². The maximum Gasteiger partial charge on any atom is 0.119 e. The first kappa shape index (κ1) is 22.6. The molecular formula is C28H26N4O2. The van der Waals surface area contributed by atoms with E-state index in [-0.39, 0.29) is 0 Å². The maximum atomic E-state index is 5.17. The van der Waals surface area contributed by atoms with E-state index in [9.17, 15) is 0 Å². The third-order valence-electron chi connectivity index (χ3n) is 5.13. The van der Waals surface area contributed by atoms with Crippen molar-refractivity contribution in [1.82, 2.24) is 0 Å². The van der Waals surface area contributed by atoms with Gasteiger partial charge in [-0.1, -0.05) is 42.5 Å². The van der Waals surface area contributed by atoms with Crippen molar-refractivity contribution in [3.05, 3.63) is 108 Å². The van der Waals surface area contributed by atoms with Crippen LogP contribution < -0.4 is 20.3 Å². The Labute approximate surface area is 199 Å². The Hall–Kier alpha value is -4.58. The zero-order valence-corrected chi connectivity index (χ0v) is 19.1. The van der Waals surface area contributed by atoms with Crippen molar-refractivity contribution >= 4 is 23.8 Å². The molecule has 0 atom stereocenters. The molecule has 0 aliphatic rings. The molecule has 4 aromatic carbocycles. The minimum atomic E-state index is 0.813. The summed E-state index contributed by atoms with van der Waals surface area (Å²) in [5, 5.41) is 8.64. The van der Waals surface area contributed by atoms with E-state index < -0.39 is 0 Å². The fourth-order valence-corrected chi connectivity index (χ4v) is 3.25. The molecule has 170 valence electrons. The summed E-state index contributed by atoms with van der Waals surface area (Å²) in [5.41, 5.74) is 12.1. The van der Waals surface area contributed by atoms with E-state index in [0.717, 1.165) is 45.1 Å². The highest BCUT2D eigenvalue weighted by Crippen LogP contribution is 2.21. The summed E-state index contributed by atoms with van der Waals surface area (Å²) in [6.07, 6.45) is 3.60. The molecule has 0 spiro atoms. The lowest BCUT2D eigenvalue weighted by atomic mass is 10.0. The molecule has 34 heavy (non-hydrogen) atoms. The van der Waals surface area contributed by atoms with Gasteiger partial charge in [-0.15, -0.1) is 0 Å². The first-order valence-corrected chi connectivity index (χ1v) is 10.8. The van der Waals surface area contributed by atoms with Crippen LogP contribution in [-0.4, -0.2) is 26.6 Å². The number of nitrogens with one attached hydrogen (secondary N) is 2. The molecule has 0 aliphatic heterocycles. The lowest BCUT2D eigenvalue weighted by Crippen LogP contribution is -1.92. The van der Waals surface area contributed by atoms with Crippen molar-refractivity contribution in [3.8, 4) is 22.6 Å². The molecule has 0 unspecified atom stereocenters. The molecule has 0 aromatic heterocycles. The third-order valence-corrected chi connectivity index (χ3v) is 5.13. The number of hydrogen-bond donors (Lipinski definition) is 2. The zero-order valence-electron chi connectivity index (χ0n) is 19.1. The van der Waals surface area contributed by atoms with Gasteiger partial charge in [-0.2, -0.15) is 10.2 Å². The van der Waals surface area contributed by atoms with E-state index in [4.69, 9.17) is 9.47 Å². The highest BCUT2D eigenvalue weighted by atomic mass is 16.5. The molecule has 0 amide bonds. The van der Waals surface area contributed by atoms with Crippen LogP contribution in [0.15, 0.2) is 107 Å². The van der Waals surface area contributed by atoms with Gasteiger partial charge in [0.05, 0.1) is 38.0 Å². The maximum absolute atomic E-state index is 5.17. The second-order valence-corrected chi connectivity index (χ2v) is 7.44. The van der Waals surface area contributed by atoms with Gasteiger partial charge < -0.3 is 9.47 Å². The van der Waals surface area contributed by atoms with Gasteiger partial charge in [0.1, 0.15) is 11.5 Å². The van der Waals surface area contributed by atoms with Crippen LogP contribution in [0.2, 0.25) is 0 Å². The van der Waals surface area contributed by atoms with Crippen molar-refractivity contribution in [2.45, 2.75) is 0 Å². The van der Waals surface area contributed by atoms with Gasteiger partial charge in [0, 0.05) is 0 Å². The van der Waals surface area contributed by atoms with Crippen LogP contribution in [0.3, 0.4) is 0 Å². The van der Waals surface area contributed by atoms with Crippen molar-refractivity contribution < 1.29 is 9.47 Å². The van der Waals surface area contributed by atoms with E-state index in [1.807, 2.05) is 72.8 Å². The highest BCUT2D eigenvalue weighted by Gasteiger charge is 1.99. The van der Waals surface area contributed by atoms with Crippen LogP contribution in [0.1, 0.15) is 11.1 Å². The average molecular weight is 451 g/mol. The molecule has 4 rings (SSSR count). The predicted molar refractivity (Wildman–Crippen MR) is 140 cm³/mol. The van der Waals surface area contributed by atoms with Gasteiger partial charge in [0.15, 0.2) is 0 Å². The molecule has 0 radical (unpaired) electrons. The molecule has 0 aliphatic carbocycles. The van der Waals surface area contributed by atoms with Gasteiger partial charge >= 0.3 is 0 Å². The van der Waals surface area contributed by atoms with Crippen LogP contribution >= 0.6 is 0 Å². The Balaban J connectivity index is 1.35. The second-order valence-electron chi connectivity index (χ2n) is 7.44. The fourth-order valence-electron chi connectivity index (χ4n) is 3.25. The van der Waals surface area contributed by atoms with Crippen molar-refractivity contribution in [2.75, 3.05) is 25.1 Å². The molecule has 2 N–H and O–H groups in total. The van der Waals surface area contributed by atoms with Crippen LogP contribution in [0.25, 0.3) is 11.1 Å². The summed E-state index contributed by atoms with van der Waals surface area (Å²) in [5.74, 6) is 1.63. The number of hydrazone groups is 2. The van der Waals surface area contributed by atoms with Crippen LogP contribution in [-0.2, 0) is 0 Å². The van der Waals surface area contributed by atoms with E-state index in [1.54, 1.807) is 26.6 Å². The summed E-state index contributed by atoms with van der Waals surface area (Å²) in [6, 6.07) is 31.7. The minimum absolute atomic E-state index is 0.813. The van der Waals surface area contributed by atoms with Crippen molar-refractivity contribution in [2.24, 2.45) is 10.2 Å². The van der Waals surface area contributed by atoms with Crippen LogP contribution in [0.4, 0.5) is 11.4 Å². The second kappa shape index (κ2) is 11.3. The molecule has 0 fully saturated rings. The number of ether oxygens (including phenoxy) is 2. The van der Waals surface area contributed by atoms with Gasteiger partial charge in [-0.3, -0.25) is 10.9 Å². The standard InChI is InChI=1S/C28H26N4O2/c1-33-27-14-10-25(11-15-27)31-29-19-21-6-8-23(9-7-21)24-5-3-4-22(18-24)20-30-32-26-12-16-28(34-2)17-13-26/h3-20,31-32H,1-2H3/b29-19+,30-20+. The number of hydrogen-bond acceptors (Lipinski definition) is 6. The predicted octanol–water partition coefficient (Wildman–Crippen LogP) is 6.26. The quantitative estimate of drug-likeness (QED) is 0.233. The molecule has 0 heterocycles. The Morgan fingerprint density at radius 3 is 1.62 bits per heavy atom. The van der Waals surface area contributed by atoms with Crippen molar-refractivity contribution in [1.29, 1.82) is 0 Å². The first-order valence-electron chi connectivity index (χ1n) is 10.8. The molecular weight excluding hydrogens is 424 g/mol. The highest BCUT2D eigenvalue weighted by molar-refractivity contribution is 5.84. The number of nitrogens with zero attached hydrogens (tertiary/aromatic N) is 2. The topological polar surface area (TPSA) is 67.2 Å². The summed E-state index contributed by atoms with van der Waals surface area (Å²) in [7, 11) is 3.30. The van der Waals surface area contributed by atoms with Crippen molar-refractivity contribution in [3.63, 3.8) is 0 Å². The van der Waals surface area contributed by atoms with E-state index in [1.165, 1.54) is 0 Å². The van der Waals surface area contributed by atoms with E-state index >= 15 is 0 Å². The smallest absolute Gasteiger partial charge is 0.119 e. The summed E-state index contributed by atoms with van der Waals surface area (Å²) in [4.78, 5) is 0. The SMILES string of the molecule is COc1ccc(N/N=C/c2ccc(-c3cccc(/C=N/Nc4ccc(OC)cc4)c3)cc2)cc1. The zero-order chi connectivity index (χ0) is 23.6. The summed E-state index contributed by atoms with van der Waals surface area (Å²) in [6.45, 7) is 0. The van der Waals surface area contributed by atoms with Gasteiger partial charge in [-0.25, -0.2) is 0 Å². The Bertz CT molecular complexity index is 1250.